The second-order valence-electron chi connectivity index (χ2n) is 3.29. The third-order valence-electron chi connectivity index (χ3n) is 2.09. The Hall–Kier alpha value is -2.43. The van der Waals surface area contributed by atoms with Crippen LogP contribution in [0.5, 0.6) is 5.88 Å². The average Bonchev–Trinajstić information content (AvgIpc) is 2.38. The van der Waals surface area contributed by atoms with Crippen molar-refractivity contribution >= 4 is 5.97 Å². The van der Waals surface area contributed by atoms with Gasteiger partial charge in [0.15, 0.2) is 0 Å². The SMILES string of the molecule is O=C(O)c1nccnc1OCc1ccccc1. The maximum absolute atomic E-state index is 10.9. The number of nitrogens with zero attached hydrogens (tertiary/aromatic N) is 2. The molecule has 0 fully saturated rings. The Morgan fingerprint density at radius 1 is 1.18 bits per heavy atom. The van der Waals surface area contributed by atoms with Gasteiger partial charge in [-0.3, -0.25) is 0 Å². The summed E-state index contributed by atoms with van der Waals surface area (Å²) < 4.78 is 5.33. The van der Waals surface area contributed by atoms with Crippen LogP contribution in [-0.2, 0) is 6.61 Å². The summed E-state index contributed by atoms with van der Waals surface area (Å²) in [7, 11) is 0. The Bertz CT molecular complexity index is 514. The number of rotatable bonds is 4. The van der Waals surface area contributed by atoms with Gasteiger partial charge >= 0.3 is 5.97 Å². The normalized spacial score (nSPS) is 9.88. The summed E-state index contributed by atoms with van der Waals surface area (Å²) in [5, 5.41) is 8.88. The zero-order valence-corrected chi connectivity index (χ0v) is 8.91. The van der Waals surface area contributed by atoms with Crippen LogP contribution in [0.2, 0.25) is 0 Å². The lowest BCUT2D eigenvalue weighted by Gasteiger charge is -2.06. The van der Waals surface area contributed by atoms with Gasteiger partial charge in [0.2, 0.25) is 11.6 Å². The van der Waals surface area contributed by atoms with Crippen molar-refractivity contribution in [1.82, 2.24) is 9.97 Å². The first-order chi connectivity index (χ1) is 8.27. The standard InChI is InChI=1S/C12H10N2O3/c15-12(16)10-11(14-7-6-13-10)17-8-9-4-2-1-3-5-9/h1-7H,8H2,(H,15,16). The number of ether oxygens (including phenoxy) is 1. The molecule has 0 unspecified atom stereocenters. The molecular formula is C12H10N2O3. The van der Waals surface area contributed by atoms with E-state index in [9.17, 15) is 4.79 Å². The van der Waals surface area contributed by atoms with Crippen molar-refractivity contribution in [3.8, 4) is 5.88 Å². The summed E-state index contributed by atoms with van der Waals surface area (Å²) in [6.45, 7) is 0.264. The zero-order chi connectivity index (χ0) is 12.1. The van der Waals surface area contributed by atoms with Crippen molar-refractivity contribution in [3.63, 3.8) is 0 Å². The van der Waals surface area contributed by atoms with Crippen LogP contribution in [0.4, 0.5) is 0 Å². The van der Waals surface area contributed by atoms with Crippen molar-refractivity contribution in [2.75, 3.05) is 0 Å². The Balaban J connectivity index is 2.12. The molecule has 1 aromatic heterocycles. The highest BCUT2D eigenvalue weighted by molar-refractivity contribution is 5.87. The minimum absolute atomic E-state index is 0.0313. The Morgan fingerprint density at radius 2 is 1.88 bits per heavy atom. The van der Waals surface area contributed by atoms with E-state index >= 15 is 0 Å². The summed E-state index contributed by atoms with van der Waals surface area (Å²) in [5.74, 6) is -1.12. The second kappa shape index (κ2) is 5.07. The van der Waals surface area contributed by atoms with Gasteiger partial charge in [-0.25, -0.2) is 14.8 Å². The number of carbonyl (C=O) groups is 1. The first kappa shape index (κ1) is 11.1. The van der Waals surface area contributed by atoms with E-state index in [0.29, 0.717) is 0 Å². The first-order valence-corrected chi connectivity index (χ1v) is 4.98. The zero-order valence-electron chi connectivity index (χ0n) is 8.91. The molecule has 2 aromatic rings. The summed E-state index contributed by atoms with van der Waals surface area (Å²) in [6.07, 6.45) is 2.71. The highest BCUT2D eigenvalue weighted by Gasteiger charge is 2.13. The highest BCUT2D eigenvalue weighted by atomic mass is 16.5. The van der Waals surface area contributed by atoms with Crippen molar-refractivity contribution in [2.45, 2.75) is 6.61 Å². The van der Waals surface area contributed by atoms with Gasteiger partial charge in [-0.15, -0.1) is 0 Å². The first-order valence-electron chi connectivity index (χ1n) is 4.98. The van der Waals surface area contributed by atoms with Crippen molar-refractivity contribution < 1.29 is 14.6 Å². The molecule has 0 aliphatic rings. The minimum atomic E-state index is -1.15. The maximum atomic E-state index is 10.9. The van der Waals surface area contributed by atoms with Crippen molar-refractivity contribution in [3.05, 3.63) is 54.0 Å². The van der Waals surface area contributed by atoms with Gasteiger partial charge in [-0.2, -0.15) is 0 Å². The fraction of sp³-hybridized carbons (Fsp3) is 0.0833. The Labute approximate surface area is 97.7 Å². The number of hydrogen-bond acceptors (Lipinski definition) is 4. The van der Waals surface area contributed by atoms with E-state index in [4.69, 9.17) is 9.84 Å². The molecule has 0 saturated heterocycles. The van der Waals surface area contributed by atoms with Gasteiger partial charge in [0.25, 0.3) is 0 Å². The lowest BCUT2D eigenvalue weighted by atomic mass is 10.2. The molecule has 1 N–H and O–H groups in total. The molecule has 2 rings (SSSR count). The fourth-order valence-electron chi connectivity index (χ4n) is 1.30. The summed E-state index contributed by atoms with van der Waals surface area (Å²) in [5.41, 5.74) is 0.762. The van der Waals surface area contributed by atoms with Gasteiger partial charge in [0, 0.05) is 12.4 Å². The van der Waals surface area contributed by atoms with E-state index in [1.165, 1.54) is 12.4 Å². The van der Waals surface area contributed by atoms with Crippen molar-refractivity contribution in [2.24, 2.45) is 0 Å². The summed E-state index contributed by atoms with van der Waals surface area (Å²) in [6, 6.07) is 9.43. The number of benzene rings is 1. The van der Waals surface area contributed by atoms with E-state index in [1.807, 2.05) is 30.3 Å². The van der Waals surface area contributed by atoms with Crippen LogP contribution in [0.25, 0.3) is 0 Å². The van der Waals surface area contributed by atoms with E-state index < -0.39 is 5.97 Å². The van der Waals surface area contributed by atoms with Crippen LogP contribution in [0.15, 0.2) is 42.7 Å². The highest BCUT2D eigenvalue weighted by Crippen LogP contribution is 2.13. The topological polar surface area (TPSA) is 72.3 Å². The van der Waals surface area contributed by atoms with Crippen LogP contribution in [0, 0.1) is 0 Å². The number of hydrogen-bond donors (Lipinski definition) is 1. The van der Waals surface area contributed by atoms with E-state index in [0.717, 1.165) is 5.56 Å². The van der Waals surface area contributed by atoms with Crippen molar-refractivity contribution in [1.29, 1.82) is 0 Å². The minimum Gasteiger partial charge on any atom is -0.476 e. The average molecular weight is 230 g/mol. The fourth-order valence-corrected chi connectivity index (χ4v) is 1.30. The largest absolute Gasteiger partial charge is 0.476 e. The van der Waals surface area contributed by atoms with E-state index in [-0.39, 0.29) is 18.2 Å². The van der Waals surface area contributed by atoms with Gasteiger partial charge in [-0.1, -0.05) is 30.3 Å². The number of carboxylic acid groups (broad SMARTS) is 1. The molecule has 1 heterocycles. The molecule has 0 atom stereocenters. The third kappa shape index (κ3) is 2.78. The quantitative estimate of drug-likeness (QED) is 0.866. The molecule has 86 valence electrons. The predicted octanol–water partition coefficient (Wildman–Crippen LogP) is 1.75. The molecule has 5 nitrogen and oxygen atoms in total. The molecule has 0 saturated carbocycles. The number of carboxylic acids is 1. The number of aromatic nitrogens is 2. The molecular weight excluding hydrogens is 220 g/mol. The lowest BCUT2D eigenvalue weighted by molar-refractivity contribution is 0.0683. The Morgan fingerprint density at radius 3 is 2.59 bits per heavy atom. The summed E-state index contributed by atoms with van der Waals surface area (Å²) >= 11 is 0. The molecule has 0 radical (unpaired) electrons. The van der Waals surface area contributed by atoms with E-state index in [2.05, 4.69) is 9.97 Å². The van der Waals surface area contributed by atoms with Gasteiger partial charge < -0.3 is 9.84 Å². The molecule has 0 bridgehead atoms. The maximum Gasteiger partial charge on any atom is 0.360 e. The molecule has 0 spiro atoms. The predicted molar refractivity (Wildman–Crippen MR) is 59.8 cm³/mol. The third-order valence-corrected chi connectivity index (χ3v) is 2.09. The molecule has 0 aliphatic carbocycles. The monoisotopic (exact) mass is 230 g/mol. The van der Waals surface area contributed by atoms with Crippen LogP contribution >= 0.6 is 0 Å². The molecule has 5 heteroatoms. The lowest BCUT2D eigenvalue weighted by Crippen LogP contribution is -2.07. The van der Waals surface area contributed by atoms with Crippen LogP contribution in [-0.4, -0.2) is 21.0 Å². The van der Waals surface area contributed by atoms with Gasteiger partial charge in [0.1, 0.15) is 6.61 Å². The Kier molecular flexibility index (Phi) is 3.30. The second-order valence-corrected chi connectivity index (χ2v) is 3.29. The van der Waals surface area contributed by atoms with Gasteiger partial charge in [0.05, 0.1) is 0 Å². The summed E-state index contributed by atoms with van der Waals surface area (Å²) in [4.78, 5) is 18.4. The molecule has 17 heavy (non-hydrogen) atoms. The smallest absolute Gasteiger partial charge is 0.360 e. The van der Waals surface area contributed by atoms with Crippen LogP contribution in [0.1, 0.15) is 16.1 Å². The molecule has 1 aromatic carbocycles. The molecule has 0 amide bonds. The number of aromatic carboxylic acids is 1. The van der Waals surface area contributed by atoms with E-state index in [1.54, 1.807) is 0 Å². The van der Waals surface area contributed by atoms with Gasteiger partial charge in [-0.05, 0) is 5.56 Å². The molecule has 0 aliphatic heterocycles. The van der Waals surface area contributed by atoms with Crippen LogP contribution < -0.4 is 4.74 Å². The van der Waals surface area contributed by atoms with Crippen LogP contribution in [0.3, 0.4) is 0 Å².